The number of carbonyl (C=O) groups excluding carboxylic acids is 1. The highest BCUT2D eigenvalue weighted by atomic mass is 32.1. The molecule has 190 valence electrons. The topological polar surface area (TPSA) is 177 Å². The highest BCUT2D eigenvalue weighted by Gasteiger charge is 2.15. The molecule has 12 nitrogen and oxygen atoms in total. The van der Waals surface area contributed by atoms with Crippen molar-refractivity contribution in [3.8, 4) is 11.8 Å². The van der Waals surface area contributed by atoms with Crippen LogP contribution in [0.3, 0.4) is 0 Å². The third kappa shape index (κ3) is 5.08. The molecule has 0 radical (unpaired) electrons. The monoisotopic (exact) mass is 537 g/mol. The van der Waals surface area contributed by atoms with Crippen molar-refractivity contribution < 1.29 is 9.72 Å². The van der Waals surface area contributed by atoms with E-state index < -0.39 is 22.1 Å². The lowest BCUT2D eigenvalue weighted by Crippen LogP contribution is -2.33. The maximum atomic E-state index is 12.8. The molecule has 0 aliphatic rings. The minimum atomic E-state index is -0.604. The van der Waals surface area contributed by atoms with Crippen LogP contribution < -0.4 is 16.6 Å². The summed E-state index contributed by atoms with van der Waals surface area (Å²) in [6, 6.07) is 20.2. The zero-order valence-electron chi connectivity index (χ0n) is 19.7. The summed E-state index contributed by atoms with van der Waals surface area (Å²) in [5.74, 6) is -0.512. The van der Waals surface area contributed by atoms with Crippen LogP contribution in [0.1, 0.15) is 20.9 Å². The van der Waals surface area contributed by atoms with Crippen LogP contribution in [0, 0.1) is 21.4 Å². The molecule has 39 heavy (non-hydrogen) atoms. The Hall–Kier alpha value is -5.74. The number of benzene rings is 3. The van der Waals surface area contributed by atoms with Gasteiger partial charge in [0.2, 0.25) is 5.13 Å². The molecule has 0 fully saturated rings. The Balaban J connectivity index is 1.33. The minimum absolute atomic E-state index is 0.0734. The number of non-ortho nitro benzene ring substituents is 1. The average molecular weight is 538 g/mol. The number of hydrogen-bond donors (Lipinski definition) is 2. The lowest BCUT2D eigenvalue weighted by Gasteiger charge is -2.07. The number of nitriles is 1. The average Bonchev–Trinajstić information content (AvgIpc) is 3.40. The third-order valence-electron chi connectivity index (χ3n) is 5.60. The molecule has 1 amide bonds. The number of para-hydroxylation sites is 1. The quantitative estimate of drug-likeness (QED) is 0.187. The number of rotatable bonds is 6. The van der Waals surface area contributed by atoms with Crippen LogP contribution >= 0.6 is 11.3 Å². The van der Waals surface area contributed by atoms with Gasteiger partial charge >= 0.3 is 5.69 Å². The molecule has 0 atom stereocenters. The normalized spacial score (nSPS) is 11.2. The summed E-state index contributed by atoms with van der Waals surface area (Å²) in [7, 11) is 0. The number of carbonyl (C=O) groups is 1. The SMILES string of the molecule is N#C/C(=C/c1ccc([N+](=O)[O-])cc1)c1nnc(NC(=O)c2ccc(-n3c(=O)[nH]c4ccccc4c3=O)cc2)s1. The Morgan fingerprint density at radius 3 is 2.46 bits per heavy atom. The molecular formula is C26H15N7O5S. The molecule has 0 aliphatic carbocycles. The first kappa shape index (κ1) is 24.9. The highest BCUT2D eigenvalue weighted by molar-refractivity contribution is 7.16. The fourth-order valence-electron chi connectivity index (χ4n) is 3.71. The van der Waals surface area contributed by atoms with Crippen LogP contribution in [-0.4, -0.2) is 30.6 Å². The first-order valence-corrected chi connectivity index (χ1v) is 12.0. The van der Waals surface area contributed by atoms with Crippen molar-refractivity contribution in [2.24, 2.45) is 0 Å². The van der Waals surface area contributed by atoms with Crippen molar-refractivity contribution in [2.75, 3.05) is 5.32 Å². The number of aromatic nitrogens is 4. The molecule has 0 bridgehead atoms. The highest BCUT2D eigenvalue weighted by Crippen LogP contribution is 2.25. The second-order valence-corrected chi connectivity index (χ2v) is 9.03. The van der Waals surface area contributed by atoms with E-state index in [1.807, 2.05) is 6.07 Å². The van der Waals surface area contributed by atoms with E-state index >= 15 is 0 Å². The number of aromatic amines is 1. The van der Waals surface area contributed by atoms with Crippen LogP contribution in [-0.2, 0) is 0 Å². The number of anilines is 1. The van der Waals surface area contributed by atoms with E-state index in [0.717, 1.165) is 15.9 Å². The van der Waals surface area contributed by atoms with E-state index in [-0.39, 0.29) is 32.7 Å². The van der Waals surface area contributed by atoms with E-state index in [9.17, 15) is 29.8 Å². The van der Waals surface area contributed by atoms with Gasteiger partial charge in [0, 0.05) is 17.7 Å². The lowest BCUT2D eigenvalue weighted by molar-refractivity contribution is -0.384. The third-order valence-corrected chi connectivity index (χ3v) is 6.48. The number of allylic oxidation sites excluding steroid dienone is 1. The van der Waals surface area contributed by atoms with E-state index in [2.05, 4.69) is 20.5 Å². The standard InChI is InChI=1S/C26H15N7O5S/c27-14-17(13-15-5-9-19(10-6-15)33(37)38)23-30-31-25(39-23)29-22(34)16-7-11-18(12-8-16)32-24(35)20-3-1-2-4-21(20)28-26(32)36/h1-13H,(H,28,36)(H,29,31,34)/b17-13-. The first-order chi connectivity index (χ1) is 18.8. The molecule has 2 heterocycles. The van der Waals surface area contributed by atoms with Crippen LogP contribution in [0.15, 0.2) is 82.4 Å². The van der Waals surface area contributed by atoms with E-state index in [0.29, 0.717) is 16.5 Å². The summed E-state index contributed by atoms with van der Waals surface area (Å²) >= 11 is 0.977. The molecule has 0 saturated heterocycles. The Morgan fingerprint density at radius 2 is 1.77 bits per heavy atom. The second-order valence-electron chi connectivity index (χ2n) is 8.05. The summed E-state index contributed by atoms with van der Waals surface area (Å²) in [6.45, 7) is 0. The maximum absolute atomic E-state index is 12.8. The molecule has 3 aromatic carbocycles. The summed E-state index contributed by atoms with van der Waals surface area (Å²) in [5.41, 5.74) is 0.517. The van der Waals surface area contributed by atoms with Gasteiger partial charge in [-0.3, -0.25) is 25.0 Å². The largest absolute Gasteiger partial charge is 0.333 e. The summed E-state index contributed by atoms with van der Waals surface area (Å²) < 4.78 is 0.988. The van der Waals surface area contributed by atoms with Crippen LogP contribution in [0.4, 0.5) is 10.8 Å². The summed E-state index contributed by atoms with van der Waals surface area (Å²) in [6.07, 6.45) is 1.50. The maximum Gasteiger partial charge on any atom is 0.333 e. The van der Waals surface area contributed by atoms with Crippen molar-refractivity contribution in [3.05, 3.63) is 120 Å². The summed E-state index contributed by atoms with van der Waals surface area (Å²) in [5, 5.41) is 31.6. The van der Waals surface area contributed by atoms with E-state index in [1.54, 1.807) is 24.3 Å². The van der Waals surface area contributed by atoms with Crippen molar-refractivity contribution in [2.45, 2.75) is 0 Å². The van der Waals surface area contributed by atoms with Crippen molar-refractivity contribution in [3.63, 3.8) is 0 Å². The molecule has 5 rings (SSSR count). The van der Waals surface area contributed by atoms with Gasteiger partial charge in [0.15, 0.2) is 5.01 Å². The van der Waals surface area contributed by atoms with E-state index in [4.69, 9.17) is 0 Å². The predicted molar refractivity (Wildman–Crippen MR) is 145 cm³/mol. The summed E-state index contributed by atoms with van der Waals surface area (Å²) in [4.78, 5) is 51.1. The second kappa shape index (κ2) is 10.3. The molecule has 13 heteroatoms. The van der Waals surface area contributed by atoms with Gasteiger partial charge < -0.3 is 4.98 Å². The van der Waals surface area contributed by atoms with E-state index in [1.165, 1.54) is 54.6 Å². The molecule has 0 aliphatic heterocycles. The van der Waals surface area contributed by atoms with Gasteiger partial charge in [-0.2, -0.15) is 5.26 Å². The number of nitro groups is 1. The Labute approximate surface area is 222 Å². The number of H-pyrrole nitrogens is 1. The predicted octanol–water partition coefficient (Wildman–Crippen LogP) is 3.76. The molecule has 2 N–H and O–H groups in total. The number of hydrogen-bond acceptors (Lipinski definition) is 9. The molecule has 0 unspecified atom stereocenters. The lowest BCUT2D eigenvalue weighted by atomic mass is 10.1. The van der Waals surface area contributed by atoms with Crippen molar-refractivity contribution in [1.82, 2.24) is 19.7 Å². The Morgan fingerprint density at radius 1 is 1.05 bits per heavy atom. The number of nitro benzene ring substituents is 1. The zero-order valence-corrected chi connectivity index (χ0v) is 20.5. The Bertz CT molecular complexity index is 1930. The van der Waals surface area contributed by atoms with Gasteiger partial charge in [-0.1, -0.05) is 23.5 Å². The first-order valence-electron chi connectivity index (χ1n) is 11.2. The van der Waals surface area contributed by atoms with Crippen LogP contribution in [0.25, 0.3) is 28.2 Å². The molecular weight excluding hydrogens is 522 g/mol. The fraction of sp³-hybridized carbons (Fsp3) is 0. The zero-order chi connectivity index (χ0) is 27.5. The van der Waals surface area contributed by atoms with Gasteiger partial charge in [-0.05, 0) is 60.2 Å². The molecule has 2 aromatic heterocycles. The molecule has 0 saturated carbocycles. The van der Waals surface area contributed by atoms with Crippen molar-refractivity contribution >= 4 is 50.6 Å². The number of fused-ring (bicyclic) bond motifs is 1. The minimum Gasteiger partial charge on any atom is -0.306 e. The molecule has 0 spiro atoms. The smallest absolute Gasteiger partial charge is 0.306 e. The van der Waals surface area contributed by atoms with Gasteiger partial charge in [0.1, 0.15) is 6.07 Å². The van der Waals surface area contributed by atoms with Crippen molar-refractivity contribution in [1.29, 1.82) is 5.26 Å². The van der Waals surface area contributed by atoms with Gasteiger partial charge in [0.25, 0.3) is 17.2 Å². The Kier molecular flexibility index (Phi) is 6.60. The van der Waals surface area contributed by atoms with Crippen LogP contribution in [0.5, 0.6) is 0 Å². The van der Waals surface area contributed by atoms with Crippen LogP contribution in [0.2, 0.25) is 0 Å². The van der Waals surface area contributed by atoms with Gasteiger partial charge in [-0.25, -0.2) is 9.36 Å². The number of amides is 1. The molecule has 5 aromatic rings. The number of nitrogens with zero attached hydrogens (tertiary/aromatic N) is 5. The van der Waals surface area contributed by atoms with Gasteiger partial charge in [-0.15, -0.1) is 10.2 Å². The van der Waals surface area contributed by atoms with Gasteiger partial charge in [0.05, 0.1) is 27.1 Å². The fourth-order valence-corrected chi connectivity index (χ4v) is 4.42. The number of nitrogens with one attached hydrogen (secondary N) is 2.